The van der Waals surface area contributed by atoms with Crippen LogP contribution in [-0.2, 0) is 10.8 Å². The molecular formula is C10H22O3S. The van der Waals surface area contributed by atoms with Crippen molar-refractivity contribution >= 4 is 10.8 Å². The molecule has 0 bridgehead atoms. The van der Waals surface area contributed by atoms with Crippen LogP contribution in [-0.4, -0.2) is 25.3 Å². The lowest BCUT2D eigenvalue weighted by Gasteiger charge is -2.18. The first-order valence-electron chi connectivity index (χ1n) is 5.10. The fraction of sp³-hybridized carbons (Fsp3) is 1.00. The Kier molecular flexibility index (Phi) is 6.57. The van der Waals surface area contributed by atoms with Crippen molar-refractivity contribution in [2.24, 2.45) is 11.8 Å². The molecule has 2 unspecified atom stereocenters. The third kappa shape index (κ3) is 5.73. The van der Waals surface area contributed by atoms with Crippen LogP contribution in [0.1, 0.15) is 40.5 Å². The van der Waals surface area contributed by atoms with Gasteiger partial charge in [-0.15, -0.1) is 0 Å². The molecule has 0 aromatic rings. The van der Waals surface area contributed by atoms with Crippen molar-refractivity contribution in [3.63, 3.8) is 0 Å². The molecule has 2 N–H and O–H groups in total. The van der Waals surface area contributed by atoms with Gasteiger partial charge >= 0.3 is 0 Å². The van der Waals surface area contributed by atoms with E-state index in [0.29, 0.717) is 24.7 Å². The van der Waals surface area contributed by atoms with Crippen molar-refractivity contribution in [1.82, 2.24) is 0 Å². The van der Waals surface area contributed by atoms with Crippen LogP contribution >= 0.6 is 0 Å². The van der Waals surface area contributed by atoms with E-state index in [1.807, 2.05) is 27.7 Å². The molecule has 2 atom stereocenters. The summed E-state index contributed by atoms with van der Waals surface area (Å²) < 4.78 is 11.5. The molecule has 3 nitrogen and oxygen atoms in total. The first-order chi connectivity index (χ1) is 6.34. The molecule has 0 aromatic carbocycles. The topological polar surface area (TPSA) is 57.5 Å². The first kappa shape index (κ1) is 14.1. The summed E-state index contributed by atoms with van der Waals surface area (Å²) in [4.78, 5) is 0. The largest absolute Gasteiger partial charge is 0.380 e. The average Bonchev–Trinajstić information content (AvgIpc) is 2.00. The zero-order valence-corrected chi connectivity index (χ0v) is 10.3. The number of hydrogen-bond acceptors (Lipinski definition) is 3. The maximum atomic E-state index is 11.5. The Balaban J connectivity index is 4.04. The van der Waals surface area contributed by atoms with Crippen LogP contribution < -0.4 is 0 Å². The normalized spacial score (nSPS) is 18.6. The van der Waals surface area contributed by atoms with Crippen molar-refractivity contribution in [1.29, 1.82) is 0 Å². The molecular weight excluding hydrogens is 200 g/mol. The van der Waals surface area contributed by atoms with Crippen LogP contribution in [0.25, 0.3) is 0 Å². The minimum atomic E-state index is -1.54. The van der Waals surface area contributed by atoms with Gasteiger partial charge in [-0.3, -0.25) is 4.21 Å². The molecule has 0 saturated heterocycles. The van der Waals surface area contributed by atoms with Gasteiger partial charge in [0.2, 0.25) is 0 Å². The van der Waals surface area contributed by atoms with Gasteiger partial charge in [-0.25, -0.2) is 0 Å². The smallest absolute Gasteiger partial charge is 0.131 e. The summed E-state index contributed by atoms with van der Waals surface area (Å²) in [5.74, 6) is 0.584. The Bertz CT molecular complexity index is 162. The van der Waals surface area contributed by atoms with E-state index in [9.17, 15) is 14.4 Å². The standard InChI is InChI=1S/C10H22O3S/c1-7(2)5-9(11)14(13)10(12)6-8(3)4/h7-12H,5-6H2,1-4H3. The average molecular weight is 222 g/mol. The molecule has 0 heterocycles. The second kappa shape index (κ2) is 6.53. The fourth-order valence-electron chi connectivity index (χ4n) is 1.18. The molecule has 0 rings (SSSR count). The van der Waals surface area contributed by atoms with Gasteiger partial charge in [0.1, 0.15) is 10.9 Å². The molecule has 0 aromatic heterocycles. The zero-order valence-electron chi connectivity index (χ0n) is 9.43. The van der Waals surface area contributed by atoms with Gasteiger partial charge in [0.25, 0.3) is 0 Å². The van der Waals surface area contributed by atoms with E-state index >= 15 is 0 Å². The van der Waals surface area contributed by atoms with E-state index in [4.69, 9.17) is 0 Å². The molecule has 0 aliphatic rings. The van der Waals surface area contributed by atoms with E-state index in [0.717, 1.165) is 0 Å². The Hall–Kier alpha value is 0.0700. The minimum absolute atomic E-state index is 0.292. The summed E-state index contributed by atoms with van der Waals surface area (Å²) in [5.41, 5.74) is -1.80. The zero-order chi connectivity index (χ0) is 11.3. The van der Waals surface area contributed by atoms with Crippen LogP contribution in [0.4, 0.5) is 0 Å². The Morgan fingerprint density at radius 2 is 1.21 bits per heavy atom. The molecule has 14 heavy (non-hydrogen) atoms. The second-order valence-corrected chi connectivity index (χ2v) is 6.24. The summed E-state index contributed by atoms with van der Waals surface area (Å²) >= 11 is 0. The lowest BCUT2D eigenvalue weighted by Crippen LogP contribution is -2.28. The predicted octanol–water partition coefficient (Wildman–Crippen LogP) is 1.46. The molecule has 0 spiro atoms. The van der Waals surface area contributed by atoms with Crippen molar-refractivity contribution < 1.29 is 14.4 Å². The quantitative estimate of drug-likeness (QED) is 0.715. The highest BCUT2D eigenvalue weighted by molar-refractivity contribution is 7.85. The van der Waals surface area contributed by atoms with E-state index in [-0.39, 0.29) is 0 Å². The highest BCUT2D eigenvalue weighted by Gasteiger charge is 2.22. The molecule has 86 valence electrons. The Morgan fingerprint density at radius 1 is 0.929 bits per heavy atom. The summed E-state index contributed by atoms with van der Waals surface area (Å²) in [5, 5.41) is 19.0. The van der Waals surface area contributed by atoms with Crippen LogP contribution in [0.5, 0.6) is 0 Å². The molecule has 4 heteroatoms. The van der Waals surface area contributed by atoms with Gasteiger partial charge in [0.15, 0.2) is 0 Å². The van der Waals surface area contributed by atoms with Crippen molar-refractivity contribution in [3.8, 4) is 0 Å². The molecule has 0 saturated carbocycles. The van der Waals surface area contributed by atoms with E-state index in [1.54, 1.807) is 0 Å². The van der Waals surface area contributed by atoms with E-state index in [1.165, 1.54) is 0 Å². The minimum Gasteiger partial charge on any atom is -0.380 e. The molecule has 0 amide bonds. The van der Waals surface area contributed by atoms with E-state index in [2.05, 4.69) is 0 Å². The highest BCUT2D eigenvalue weighted by atomic mass is 32.2. The fourth-order valence-corrected chi connectivity index (χ4v) is 2.69. The summed E-state index contributed by atoms with van der Waals surface area (Å²) in [7, 11) is -1.54. The van der Waals surface area contributed by atoms with Gasteiger partial charge in [-0.2, -0.15) is 0 Å². The maximum Gasteiger partial charge on any atom is 0.131 e. The summed E-state index contributed by atoms with van der Waals surface area (Å²) in [6, 6.07) is 0. The van der Waals surface area contributed by atoms with Gasteiger partial charge in [-0.1, -0.05) is 27.7 Å². The summed E-state index contributed by atoms with van der Waals surface area (Å²) in [6.45, 7) is 7.81. The predicted molar refractivity (Wildman–Crippen MR) is 59.1 cm³/mol. The van der Waals surface area contributed by atoms with Crippen molar-refractivity contribution in [2.75, 3.05) is 0 Å². The lowest BCUT2D eigenvalue weighted by atomic mass is 10.1. The third-order valence-corrected chi connectivity index (χ3v) is 3.34. The van der Waals surface area contributed by atoms with Crippen LogP contribution in [0, 0.1) is 11.8 Å². The third-order valence-electron chi connectivity index (χ3n) is 1.88. The molecule has 0 aliphatic heterocycles. The van der Waals surface area contributed by atoms with Crippen LogP contribution in [0.2, 0.25) is 0 Å². The number of rotatable bonds is 6. The highest BCUT2D eigenvalue weighted by Crippen LogP contribution is 2.15. The Morgan fingerprint density at radius 3 is 1.43 bits per heavy atom. The monoisotopic (exact) mass is 222 g/mol. The lowest BCUT2D eigenvalue weighted by molar-refractivity contribution is 0.195. The molecule has 0 fully saturated rings. The van der Waals surface area contributed by atoms with Crippen molar-refractivity contribution in [2.45, 2.75) is 51.4 Å². The van der Waals surface area contributed by atoms with E-state index < -0.39 is 21.7 Å². The summed E-state index contributed by atoms with van der Waals surface area (Å²) in [6.07, 6.45) is 0.948. The number of hydrogen-bond donors (Lipinski definition) is 2. The van der Waals surface area contributed by atoms with Gasteiger partial charge < -0.3 is 10.2 Å². The SMILES string of the molecule is CC(C)CC(O)S(=O)C(O)CC(C)C. The first-order valence-corrected chi connectivity index (χ1v) is 6.37. The number of aliphatic hydroxyl groups excluding tert-OH is 2. The molecule has 0 aliphatic carbocycles. The van der Waals surface area contributed by atoms with Gasteiger partial charge in [-0.05, 0) is 24.7 Å². The van der Waals surface area contributed by atoms with Gasteiger partial charge in [0, 0.05) is 0 Å². The maximum absolute atomic E-state index is 11.5. The van der Waals surface area contributed by atoms with Crippen molar-refractivity contribution in [3.05, 3.63) is 0 Å². The second-order valence-electron chi connectivity index (χ2n) is 4.50. The number of aliphatic hydroxyl groups is 2. The van der Waals surface area contributed by atoms with Crippen LogP contribution in [0.15, 0.2) is 0 Å². The van der Waals surface area contributed by atoms with Crippen LogP contribution in [0.3, 0.4) is 0 Å². The Labute approximate surface area is 89.0 Å². The van der Waals surface area contributed by atoms with Gasteiger partial charge in [0.05, 0.1) is 10.8 Å². The molecule has 0 radical (unpaired) electrons.